The summed E-state index contributed by atoms with van der Waals surface area (Å²) in [6.45, 7) is 1.96. The van der Waals surface area contributed by atoms with Gasteiger partial charge >= 0.3 is 12.1 Å². The van der Waals surface area contributed by atoms with Crippen molar-refractivity contribution in [3.63, 3.8) is 0 Å². The lowest BCUT2D eigenvalue weighted by Crippen LogP contribution is -2.59. The predicted octanol–water partition coefficient (Wildman–Crippen LogP) is 5.35. The van der Waals surface area contributed by atoms with E-state index < -0.39 is 23.5 Å². The lowest BCUT2D eigenvalue weighted by atomic mass is 9.87. The zero-order chi connectivity index (χ0) is 29.1. The number of aromatic nitrogens is 1. The molecule has 9 nitrogen and oxygen atoms in total. The number of carbonyl (C=O) groups is 3. The molecule has 3 N–H and O–H groups in total. The van der Waals surface area contributed by atoms with E-state index >= 15 is 0 Å². The molecule has 1 aliphatic heterocycles. The number of rotatable bonds is 8. The molecule has 0 saturated carbocycles. The summed E-state index contributed by atoms with van der Waals surface area (Å²) >= 11 is 0.967. The van der Waals surface area contributed by atoms with Gasteiger partial charge in [0.25, 0.3) is 5.91 Å². The third-order valence-electron chi connectivity index (χ3n) is 8.00. The summed E-state index contributed by atoms with van der Waals surface area (Å²) in [5.74, 6) is -1.67. The van der Waals surface area contributed by atoms with Crippen LogP contribution in [0.4, 0.5) is 9.93 Å². The van der Waals surface area contributed by atoms with Crippen molar-refractivity contribution in [1.82, 2.24) is 15.2 Å². The van der Waals surface area contributed by atoms with E-state index in [2.05, 4.69) is 32.7 Å². The number of amides is 2. The molecule has 4 aromatic rings. The second-order valence-corrected chi connectivity index (χ2v) is 11.6. The van der Waals surface area contributed by atoms with E-state index in [0.29, 0.717) is 13.1 Å². The number of nitrogens with zero attached hydrogens (tertiary/aromatic N) is 2. The van der Waals surface area contributed by atoms with Crippen LogP contribution in [0.5, 0.6) is 0 Å². The maximum Gasteiger partial charge on any atom is 0.413 e. The van der Waals surface area contributed by atoms with Gasteiger partial charge in [-0.05, 0) is 40.7 Å². The minimum absolute atomic E-state index is 0.0768. The van der Waals surface area contributed by atoms with Gasteiger partial charge < -0.3 is 15.2 Å². The largest absolute Gasteiger partial charge is 0.480 e. The van der Waals surface area contributed by atoms with Crippen LogP contribution >= 0.6 is 11.3 Å². The molecular formula is C32H30N4O5S. The van der Waals surface area contributed by atoms with Crippen molar-refractivity contribution in [2.45, 2.75) is 30.8 Å². The number of anilines is 1. The molecule has 0 radical (unpaired) electrons. The summed E-state index contributed by atoms with van der Waals surface area (Å²) in [5, 5.41) is 15.6. The number of ether oxygens (including phenoxy) is 1. The van der Waals surface area contributed by atoms with Gasteiger partial charge in [0.2, 0.25) is 0 Å². The topological polar surface area (TPSA) is 121 Å². The average Bonchev–Trinajstić information content (AvgIpc) is 3.60. The highest BCUT2D eigenvalue weighted by atomic mass is 32.1. The van der Waals surface area contributed by atoms with E-state index in [4.69, 9.17) is 4.74 Å². The van der Waals surface area contributed by atoms with Crippen molar-refractivity contribution in [3.05, 3.63) is 107 Å². The Labute approximate surface area is 247 Å². The number of hydrogen-bond donors (Lipinski definition) is 3. The summed E-state index contributed by atoms with van der Waals surface area (Å²) in [6.07, 6.45) is 1.22. The molecule has 2 aliphatic rings. The van der Waals surface area contributed by atoms with Gasteiger partial charge in [-0.25, -0.2) is 14.6 Å². The van der Waals surface area contributed by atoms with Gasteiger partial charge in [-0.2, -0.15) is 0 Å². The Morgan fingerprint density at radius 2 is 1.55 bits per heavy atom. The summed E-state index contributed by atoms with van der Waals surface area (Å²) in [7, 11) is 0. The molecular weight excluding hydrogens is 552 g/mol. The lowest BCUT2D eigenvalue weighted by molar-refractivity contribution is -0.146. The predicted molar refractivity (Wildman–Crippen MR) is 160 cm³/mol. The Balaban J connectivity index is 1.04. The molecule has 1 aromatic heterocycles. The first kappa shape index (κ1) is 27.6. The number of carbonyl (C=O) groups excluding carboxylic acids is 2. The molecule has 2 amide bonds. The molecule has 1 aliphatic carbocycles. The maximum atomic E-state index is 13.1. The number of piperidine rings is 1. The Morgan fingerprint density at radius 1 is 0.929 bits per heavy atom. The second kappa shape index (κ2) is 11.8. The number of nitrogens with one attached hydrogen (secondary N) is 2. The van der Waals surface area contributed by atoms with Crippen molar-refractivity contribution in [2.75, 3.05) is 25.0 Å². The summed E-state index contributed by atoms with van der Waals surface area (Å²) < 4.78 is 5.57. The van der Waals surface area contributed by atoms with Crippen LogP contribution in [0.2, 0.25) is 0 Å². The van der Waals surface area contributed by atoms with Crippen LogP contribution in [-0.4, -0.2) is 58.2 Å². The fourth-order valence-electron chi connectivity index (χ4n) is 5.76. The number of carboxylic acids is 1. The van der Waals surface area contributed by atoms with Crippen molar-refractivity contribution in [3.8, 4) is 11.1 Å². The van der Waals surface area contributed by atoms with Crippen molar-refractivity contribution in [1.29, 1.82) is 0 Å². The number of aliphatic carboxylic acids is 1. The van der Waals surface area contributed by atoms with Gasteiger partial charge in [-0.15, -0.1) is 0 Å². The highest BCUT2D eigenvalue weighted by Crippen LogP contribution is 2.44. The van der Waals surface area contributed by atoms with Gasteiger partial charge in [-0.3, -0.25) is 15.0 Å². The molecule has 1 fully saturated rings. The zero-order valence-corrected chi connectivity index (χ0v) is 23.6. The Kier molecular flexibility index (Phi) is 7.73. The highest BCUT2D eigenvalue weighted by molar-refractivity contribution is 7.17. The van der Waals surface area contributed by atoms with Crippen molar-refractivity contribution in [2.24, 2.45) is 0 Å². The second-order valence-electron chi connectivity index (χ2n) is 10.6. The third-order valence-corrected chi connectivity index (χ3v) is 8.91. The zero-order valence-electron chi connectivity index (χ0n) is 22.8. The first-order chi connectivity index (χ1) is 20.4. The van der Waals surface area contributed by atoms with E-state index in [9.17, 15) is 19.5 Å². The van der Waals surface area contributed by atoms with Crippen LogP contribution in [0.15, 0.2) is 85.1 Å². The lowest BCUT2D eigenvalue weighted by Gasteiger charge is -2.39. The molecule has 6 rings (SSSR count). The van der Waals surface area contributed by atoms with E-state index in [1.54, 1.807) is 0 Å². The Morgan fingerprint density at radius 3 is 2.19 bits per heavy atom. The standard InChI is InChI=1S/C32H30N4O5S/c37-28(35-32(29(38)39)14-16-36(17-15-32)19-21-8-2-1-3-9-21)27-18-33-30(42-27)34-31(40)41-20-26-24-12-6-4-10-22(24)23-11-5-7-13-25(23)26/h1-13,18,26H,14-17,19-20H2,(H,35,37)(H,38,39)(H,33,34,40). The maximum absolute atomic E-state index is 13.1. The molecule has 42 heavy (non-hydrogen) atoms. The van der Waals surface area contributed by atoms with Gasteiger partial charge in [0, 0.05) is 25.6 Å². The molecule has 3 aromatic carbocycles. The molecule has 2 heterocycles. The van der Waals surface area contributed by atoms with Crippen LogP contribution in [0, 0.1) is 0 Å². The third kappa shape index (κ3) is 5.63. The molecule has 1 saturated heterocycles. The van der Waals surface area contributed by atoms with E-state index in [1.807, 2.05) is 66.7 Å². The Hall–Kier alpha value is -4.54. The molecule has 10 heteroatoms. The Bertz CT molecular complexity index is 1570. The van der Waals surface area contributed by atoms with E-state index in [0.717, 1.165) is 45.7 Å². The van der Waals surface area contributed by atoms with E-state index in [-0.39, 0.29) is 35.4 Å². The fourth-order valence-corrected chi connectivity index (χ4v) is 6.46. The molecule has 0 bridgehead atoms. The van der Waals surface area contributed by atoms with E-state index in [1.165, 1.54) is 6.20 Å². The van der Waals surface area contributed by atoms with Crippen molar-refractivity contribution < 1.29 is 24.2 Å². The summed E-state index contributed by atoms with van der Waals surface area (Å²) in [6, 6.07) is 26.2. The molecule has 214 valence electrons. The normalized spacial score (nSPS) is 15.8. The van der Waals surface area contributed by atoms with Crippen molar-refractivity contribution >= 4 is 34.4 Å². The number of likely N-dealkylation sites (tertiary alicyclic amines) is 1. The number of thiazole rings is 1. The quantitative estimate of drug-likeness (QED) is 0.256. The van der Waals surface area contributed by atoms with Gasteiger partial charge in [0.05, 0.1) is 6.20 Å². The smallest absolute Gasteiger partial charge is 0.413 e. The molecule has 0 unspecified atom stereocenters. The van der Waals surface area contributed by atoms with Gasteiger partial charge in [-0.1, -0.05) is 90.2 Å². The molecule has 0 spiro atoms. The fraction of sp³-hybridized carbons (Fsp3) is 0.250. The van der Waals surface area contributed by atoms with Gasteiger partial charge in [0.1, 0.15) is 17.0 Å². The van der Waals surface area contributed by atoms with Crippen LogP contribution in [0.1, 0.15) is 45.1 Å². The van der Waals surface area contributed by atoms with Crippen LogP contribution in [-0.2, 0) is 16.1 Å². The number of carboxylic acid groups (broad SMARTS) is 1. The number of benzene rings is 3. The van der Waals surface area contributed by atoms with Crippen LogP contribution in [0.3, 0.4) is 0 Å². The SMILES string of the molecule is O=C(Nc1ncc(C(=O)NC2(C(=O)O)CCN(Cc3ccccc3)CC2)s1)OCC1c2ccccc2-c2ccccc21. The molecule has 0 atom stereocenters. The first-order valence-electron chi connectivity index (χ1n) is 13.8. The monoisotopic (exact) mass is 582 g/mol. The summed E-state index contributed by atoms with van der Waals surface area (Å²) in [5.41, 5.74) is 4.29. The highest BCUT2D eigenvalue weighted by Gasteiger charge is 2.43. The van der Waals surface area contributed by atoms with Crippen LogP contribution in [0.25, 0.3) is 11.1 Å². The van der Waals surface area contributed by atoms with Crippen LogP contribution < -0.4 is 10.6 Å². The minimum atomic E-state index is -1.37. The summed E-state index contributed by atoms with van der Waals surface area (Å²) in [4.78, 5) is 44.5. The first-order valence-corrected chi connectivity index (χ1v) is 14.6. The minimum Gasteiger partial charge on any atom is -0.480 e. The number of hydrogen-bond acceptors (Lipinski definition) is 7. The number of fused-ring (bicyclic) bond motifs is 3. The average molecular weight is 583 g/mol. The van der Waals surface area contributed by atoms with Gasteiger partial charge in [0.15, 0.2) is 5.13 Å².